The minimum absolute atomic E-state index is 0.0936. The molecule has 0 spiro atoms. The van der Waals surface area contributed by atoms with Crippen LogP contribution in [-0.2, 0) is 21.2 Å². The van der Waals surface area contributed by atoms with Crippen LogP contribution < -0.4 is 0 Å². The average Bonchev–Trinajstić information content (AvgIpc) is 3.27. The smallest absolute Gasteiger partial charge is 0.243 e. The van der Waals surface area contributed by atoms with Crippen molar-refractivity contribution in [3.05, 3.63) is 88.1 Å². The first-order valence-electron chi connectivity index (χ1n) is 10.8. The van der Waals surface area contributed by atoms with Crippen LogP contribution >= 0.6 is 11.3 Å². The highest BCUT2D eigenvalue weighted by molar-refractivity contribution is 7.89. The predicted octanol–water partition coefficient (Wildman–Crippen LogP) is 4.57. The molecule has 0 fully saturated rings. The number of rotatable bonds is 7. The Balaban J connectivity index is 1.65. The lowest BCUT2D eigenvalue weighted by Gasteiger charge is -2.37. The number of carbonyl (C=O) groups is 1. The zero-order valence-electron chi connectivity index (χ0n) is 18.3. The van der Waals surface area contributed by atoms with Gasteiger partial charge in [-0.1, -0.05) is 62.4 Å². The van der Waals surface area contributed by atoms with E-state index in [-0.39, 0.29) is 35.9 Å². The molecule has 0 N–H and O–H groups in total. The molecule has 1 unspecified atom stereocenters. The molecule has 1 atom stereocenters. The van der Waals surface area contributed by atoms with Gasteiger partial charge in [0.25, 0.3) is 0 Å². The van der Waals surface area contributed by atoms with E-state index in [1.54, 1.807) is 41.7 Å². The van der Waals surface area contributed by atoms with E-state index in [2.05, 4.69) is 11.4 Å². The highest BCUT2D eigenvalue weighted by Gasteiger charge is 2.35. The molecular weight excluding hydrogens is 440 g/mol. The lowest BCUT2D eigenvalue weighted by molar-refractivity contribution is -0.133. The first-order valence-corrected chi connectivity index (χ1v) is 13.2. The Bertz CT molecular complexity index is 1160. The second-order valence-electron chi connectivity index (χ2n) is 8.45. The van der Waals surface area contributed by atoms with Crippen LogP contribution in [0.4, 0.5) is 0 Å². The van der Waals surface area contributed by atoms with Crippen LogP contribution in [0.25, 0.3) is 0 Å². The number of fused-ring (bicyclic) bond motifs is 1. The van der Waals surface area contributed by atoms with Gasteiger partial charge < -0.3 is 4.90 Å². The third kappa shape index (κ3) is 4.65. The molecule has 5 nitrogen and oxygen atoms in total. The molecule has 2 heterocycles. The van der Waals surface area contributed by atoms with Gasteiger partial charge in [-0.15, -0.1) is 11.3 Å². The van der Waals surface area contributed by atoms with Gasteiger partial charge in [0.05, 0.1) is 17.5 Å². The Hall–Kier alpha value is -2.48. The van der Waals surface area contributed by atoms with E-state index in [1.165, 1.54) is 9.18 Å². The summed E-state index contributed by atoms with van der Waals surface area (Å²) in [6.45, 7) is 4.62. The minimum atomic E-state index is -3.77. The van der Waals surface area contributed by atoms with Gasteiger partial charge in [-0.05, 0) is 47.0 Å². The fourth-order valence-electron chi connectivity index (χ4n) is 4.22. The van der Waals surface area contributed by atoms with Crippen LogP contribution in [0.15, 0.2) is 77.0 Å². The van der Waals surface area contributed by atoms with E-state index in [9.17, 15) is 13.2 Å². The molecular formula is C25H28N2O3S2. The Morgan fingerprint density at radius 2 is 1.72 bits per heavy atom. The molecule has 0 saturated carbocycles. The van der Waals surface area contributed by atoms with Crippen molar-refractivity contribution < 1.29 is 13.2 Å². The topological polar surface area (TPSA) is 57.7 Å². The summed E-state index contributed by atoms with van der Waals surface area (Å²) in [7, 11) is -3.77. The number of hydrogen-bond donors (Lipinski definition) is 0. The molecule has 4 rings (SSSR count). The molecule has 2 aromatic carbocycles. The summed E-state index contributed by atoms with van der Waals surface area (Å²) in [5, 5.41) is 2.07. The third-order valence-corrected chi connectivity index (χ3v) is 8.49. The second-order valence-corrected chi connectivity index (χ2v) is 11.4. The summed E-state index contributed by atoms with van der Waals surface area (Å²) >= 11 is 1.72. The van der Waals surface area contributed by atoms with E-state index in [0.29, 0.717) is 6.54 Å². The van der Waals surface area contributed by atoms with Crippen LogP contribution in [-0.4, -0.2) is 43.2 Å². The van der Waals surface area contributed by atoms with Gasteiger partial charge in [0, 0.05) is 18.0 Å². The lowest BCUT2D eigenvalue weighted by atomic mass is 9.93. The molecule has 32 heavy (non-hydrogen) atoms. The van der Waals surface area contributed by atoms with Gasteiger partial charge in [-0.3, -0.25) is 4.79 Å². The van der Waals surface area contributed by atoms with Crippen LogP contribution in [0.3, 0.4) is 0 Å². The quantitative estimate of drug-likeness (QED) is 0.510. The van der Waals surface area contributed by atoms with E-state index in [4.69, 9.17) is 0 Å². The maximum Gasteiger partial charge on any atom is 0.243 e. The van der Waals surface area contributed by atoms with Crippen molar-refractivity contribution in [3.8, 4) is 0 Å². The molecule has 1 aromatic heterocycles. The zero-order valence-corrected chi connectivity index (χ0v) is 20.0. The predicted molar refractivity (Wildman–Crippen MR) is 128 cm³/mol. The van der Waals surface area contributed by atoms with Crippen LogP contribution in [0.5, 0.6) is 0 Å². The molecule has 1 amide bonds. The first-order chi connectivity index (χ1) is 15.4. The molecule has 0 radical (unpaired) electrons. The summed E-state index contributed by atoms with van der Waals surface area (Å²) in [5.74, 6) is -0.0769. The van der Waals surface area contributed by atoms with Crippen molar-refractivity contribution >= 4 is 27.3 Å². The Labute approximate surface area is 194 Å². The maximum atomic E-state index is 13.6. The molecule has 1 aliphatic heterocycles. The summed E-state index contributed by atoms with van der Waals surface area (Å²) < 4.78 is 28.0. The Morgan fingerprint density at radius 3 is 2.38 bits per heavy atom. The zero-order chi connectivity index (χ0) is 22.7. The molecule has 0 saturated heterocycles. The third-order valence-electron chi connectivity index (χ3n) is 5.66. The van der Waals surface area contributed by atoms with Gasteiger partial charge in [-0.25, -0.2) is 8.42 Å². The number of nitrogens with zero attached hydrogens (tertiary/aromatic N) is 2. The van der Waals surface area contributed by atoms with Crippen molar-refractivity contribution in [2.24, 2.45) is 5.92 Å². The van der Waals surface area contributed by atoms with Crippen molar-refractivity contribution in [1.82, 2.24) is 9.21 Å². The fourth-order valence-corrected chi connectivity index (χ4v) is 6.70. The monoisotopic (exact) mass is 468 g/mol. The fraction of sp³-hybridized carbons (Fsp3) is 0.320. The molecule has 0 aliphatic carbocycles. The second kappa shape index (κ2) is 9.57. The SMILES string of the molecule is CC(C)CN(CC(=O)N1CCc2sccc2C1c1ccccc1)S(=O)(=O)c1ccccc1. The first kappa shape index (κ1) is 22.7. The van der Waals surface area contributed by atoms with Gasteiger partial charge in [0.1, 0.15) is 0 Å². The highest BCUT2D eigenvalue weighted by Crippen LogP contribution is 2.38. The number of thiophene rings is 1. The number of sulfonamides is 1. The van der Waals surface area contributed by atoms with E-state index >= 15 is 0 Å². The van der Waals surface area contributed by atoms with E-state index < -0.39 is 10.0 Å². The number of hydrogen-bond acceptors (Lipinski definition) is 4. The average molecular weight is 469 g/mol. The van der Waals surface area contributed by atoms with Gasteiger partial charge in [0.15, 0.2) is 0 Å². The normalized spacial score (nSPS) is 16.4. The summed E-state index contributed by atoms with van der Waals surface area (Å²) in [6, 6.07) is 20.2. The van der Waals surface area contributed by atoms with Gasteiger partial charge in [0.2, 0.25) is 15.9 Å². The molecule has 3 aromatic rings. The van der Waals surface area contributed by atoms with Crippen LogP contribution in [0.1, 0.15) is 35.9 Å². The molecule has 168 valence electrons. The van der Waals surface area contributed by atoms with E-state index in [0.717, 1.165) is 17.5 Å². The molecule has 1 aliphatic rings. The largest absolute Gasteiger partial charge is 0.330 e. The van der Waals surface area contributed by atoms with Gasteiger partial charge >= 0.3 is 0 Å². The molecule has 7 heteroatoms. The standard InChI is InChI=1S/C25H28N2O3S2/c1-19(2)17-26(32(29,30)21-11-7-4-8-12-21)18-24(28)27-15-13-23-22(14-16-31-23)25(27)20-9-5-3-6-10-20/h3-12,14,16,19,25H,13,15,17-18H2,1-2H3. The molecule has 0 bridgehead atoms. The number of benzene rings is 2. The minimum Gasteiger partial charge on any atom is -0.330 e. The highest BCUT2D eigenvalue weighted by atomic mass is 32.2. The maximum absolute atomic E-state index is 13.6. The van der Waals surface area contributed by atoms with Crippen molar-refractivity contribution in [3.63, 3.8) is 0 Å². The van der Waals surface area contributed by atoms with Crippen LogP contribution in [0, 0.1) is 5.92 Å². The van der Waals surface area contributed by atoms with Crippen LogP contribution in [0.2, 0.25) is 0 Å². The summed E-state index contributed by atoms with van der Waals surface area (Å²) in [4.78, 5) is 17.0. The van der Waals surface area contributed by atoms with Gasteiger partial charge in [-0.2, -0.15) is 4.31 Å². The van der Waals surface area contributed by atoms with Crippen molar-refractivity contribution in [2.75, 3.05) is 19.6 Å². The Morgan fingerprint density at radius 1 is 1.06 bits per heavy atom. The number of carbonyl (C=O) groups excluding carboxylic acids is 1. The van der Waals surface area contributed by atoms with E-state index in [1.807, 2.05) is 49.1 Å². The number of amides is 1. The lowest BCUT2D eigenvalue weighted by Crippen LogP contribution is -2.47. The summed E-state index contributed by atoms with van der Waals surface area (Å²) in [5.41, 5.74) is 2.18. The van der Waals surface area contributed by atoms with Crippen molar-refractivity contribution in [2.45, 2.75) is 31.2 Å². The van der Waals surface area contributed by atoms with Crippen molar-refractivity contribution in [1.29, 1.82) is 0 Å². The summed E-state index contributed by atoms with van der Waals surface area (Å²) in [6.07, 6.45) is 0.789. The Kier molecular flexibility index (Phi) is 6.79.